The monoisotopic (exact) mass is 504 g/mol. The van der Waals surface area contributed by atoms with Gasteiger partial charge in [-0.3, -0.25) is 0 Å². The van der Waals surface area contributed by atoms with E-state index >= 15 is 0 Å². The Bertz CT molecular complexity index is 2860. The van der Waals surface area contributed by atoms with E-state index in [0.29, 0.717) is 0 Å². The molecule has 0 saturated heterocycles. The van der Waals surface area contributed by atoms with Gasteiger partial charge in [0.25, 0.3) is 0 Å². The first-order chi connectivity index (χ1) is 19.8. The second kappa shape index (κ2) is 6.44. The normalized spacial score (nSPS) is 13.0. The number of aromatic nitrogens is 2. The van der Waals surface area contributed by atoms with Gasteiger partial charge < -0.3 is 8.80 Å². The van der Waals surface area contributed by atoms with Crippen LogP contribution in [0.2, 0.25) is 0 Å². The zero-order valence-corrected chi connectivity index (χ0v) is 21.4. The average molecular weight is 505 g/mol. The van der Waals surface area contributed by atoms with Crippen LogP contribution in [0, 0.1) is 0 Å². The van der Waals surface area contributed by atoms with E-state index in [1.54, 1.807) is 0 Å². The molecule has 0 fully saturated rings. The molecule has 0 amide bonds. The molecule has 0 N–H and O–H groups in total. The first-order valence-corrected chi connectivity index (χ1v) is 14.0. The quantitative estimate of drug-likeness (QED) is 0.182. The molecule has 0 atom stereocenters. The molecule has 182 valence electrons. The number of hydrogen-bond acceptors (Lipinski definition) is 0. The van der Waals surface area contributed by atoms with Gasteiger partial charge >= 0.3 is 0 Å². The van der Waals surface area contributed by atoms with Crippen molar-refractivity contribution in [1.82, 2.24) is 8.80 Å². The van der Waals surface area contributed by atoms with Crippen LogP contribution in [0.5, 0.6) is 0 Å². The Hall–Kier alpha value is -5.34. The summed E-state index contributed by atoms with van der Waals surface area (Å²) in [6, 6.07) is 45.4. The fourth-order valence-electron chi connectivity index (χ4n) is 7.91. The predicted molar refractivity (Wildman–Crippen MR) is 171 cm³/mol. The summed E-state index contributed by atoms with van der Waals surface area (Å²) in [7, 11) is 0. The molecular weight excluding hydrogens is 484 g/mol. The smallest absolute Gasteiger partial charge is 0.0627 e. The third kappa shape index (κ3) is 2.07. The van der Waals surface area contributed by atoms with Crippen LogP contribution >= 0.6 is 0 Å². The molecular formula is C38H20N2. The Labute approximate surface area is 227 Å². The van der Waals surface area contributed by atoms with Crippen LogP contribution < -0.4 is 0 Å². The number of nitrogens with zero attached hydrogens (tertiary/aromatic N) is 2. The molecule has 0 unspecified atom stereocenters. The average Bonchev–Trinajstić information content (AvgIpc) is 3.71. The summed E-state index contributed by atoms with van der Waals surface area (Å²) in [4.78, 5) is 0. The lowest BCUT2D eigenvalue weighted by Crippen LogP contribution is -1.83. The molecule has 0 saturated carbocycles. The van der Waals surface area contributed by atoms with Gasteiger partial charge in [-0.1, -0.05) is 78.9 Å². The van der Waals surface area contributed by atoms with E-state index in [0.717, 1.165) is 0 Å². The lowest BCUT2D eigenvalue weighted by molar-refractivity contribution is 1.35. The van der Waals surface area contributed by atoms with Crippen molar-refractivity contribution in [2.24, 2.45) is 0 Å². The van der Waals surface area contributed by atoms with E-state index < -0.39 is 0 Å². The van der Waals surface area contributed by atoms with Crippen molar-refractivity contribution < 1.29 is 0 Å². The summed E-state index contributed by atoms with van der Waals surface area (Å²) < 4.78 is 5.01. The Morgan fingerprint density at radius 2 is 0.875 bits per heavy atom. The van der Waals surface area contributed by atoms with Crippen LogP contribution in [-0.4, -0.2) is 8.80 Å². The molecule has 0 aliphatic heterocycles. The van der Waals surface area contributed by atoms with Crippen LogP contribution in [0.25, 0.3) is 97.7 Å². The van der Waals surface area contributed by atoms with Gasteiger partial charge in [0.1, 0.15) is 0 Å². The van der Waals surface area contributed by atoms with Gasteiger partial charge in [-0.25, -0.2) is 0 Å². The first kappa shape index (κ1) is 19.7. The number of fused-ring (bicyclic) bond motifs is 15. The summed E-state index contributed by atoms with van der Waals surface area (Å²) in [6.07, 6.45) is 0. The van der Waals surface area contributed by atoms with Crippen molar-refractivity contribution in [3.05, 3.63) is 121 Å². The Kier molecular flexibility index (Phi) is 3.17. The highest BCUT2D eigenvalue weighted by molar-refractivity contribution is 6.34. The van der Waals surface area contributed by atoms with E-state index in [1.165, 1.54) is 97.7 Å². The lowest BCUT2D eigenvalue weighted by atomic mass is 9.97. The maximum absolute atomic E-state index is 2.52. The van der Waals surface area contributed by atoms with Crippen molar-refractivity contribution in [1.29, 1.82) is 0 Å². The number of benzene rings is 7. The van der Waals surface area contributed by atoms with Gasteiger partial charge in [-0.15, -0.1) is 0 Å². The minimum absolute atomic E-state index is 1.27. The highest BCUT2D eigenvalue weighted by atomic mass is 14.9. The van der Waals surface area contributed by atoms with Crippen LogP contribution in [0.4, 0.5) is 0 Å². The van der Waals surface area contributed by atoms with Crippen LogP contribution in [0.15, 0.2) is 121 Å². The van der Waals surface area contributed by atoms with Crippen LogP contribution in [-0.2, 0) is 0 Å². The molecule has 0 spiro atoms. The molecule has 0 radical (unpaired) electrons. The van der Waals surface area contributed by atoms with Gasteiger partial charge in [-0.05, 0) is 64.0 Å². The maximum atomic E-state index is 2.52. The molecule has 4 aromatic heterocycles. The minimum Gasteiger partial charge on any atom is -0.308 e. The van der Waals surface area contributed by atoms with Crippen molar-refractivity contribution in [2.45, 2.75) is 0 Å². The summed E-state index contributed by atoms with van der Waals surface area (Å²) in [6.45, 7) is 0. The molecule has 0 bridgehead atoms. The minimum atomic E-state index is 1.27. The van der Waals surface area contributed by atoms with Crippen molar-refractivity contribution >= 4 is 97.7 Å². The van der Waals surface area contributed by atoms with E-state index in [4.69, 9.17) is 0 Å². The Morgan fingerprint density at radius 3 is 1.70 bits per heavy atom. The highest BCUT2D eigenvalue weighted by Gasteiger charge is 2.23. The van der Waals surface area contributed by atoms with E-state index in [-0.39, 0.29) is 0 Å². The number of rotatable bonds is 0. The van der Waals surface area contributed by atoms with Gasteiger partial charge in [0, 0.05) is 43.1 Å². The fourth-order valence-corrected chi connectivity index (χ4v) is 7.91. The highest BCUT2D eigenvalue weighted by Crippen LogP contribution is 2.46. The largest absolute Gasteiger partial charge is 0.308 e. The van der Waals surface area contributed by atoms with Gasteiger partial charge in [-0.2, -0.15) is 0 Å². The van der Waals surface area contributed by atoms with Crippen LogP contribution in [0.3, 0.4) is 0 Å². The molecule has 4 heterocycles. The molecule has 40 heavy (non-hydrogen) atoms. The summed E-state index contributed by atoms with van der Waals surface area (Å²) in [5.74, 6) is 0. The Morgan fingerprint density at radius 1 is 0.300 bits per heavy atom. The van der Waals surface area contributed by atoms with Crippen LogP contribution in [0.1, 0.15) is 0 Å². The fraction of sp³-hybridized carbons (Fsp3) is 0. The van der Waals surface area contributed by atoms with Crippen molar-refractivity contribution in [3.63, 3.8) is 0 Å². The third-order valence-corrected chi connectivity index (χ3v) is 9.49. The van der Waals surface area contributed by atoms with Gasteiger partial charge in [0.15, 0.2) is 0 Å². The number of para-hydroxylation sites is 3. The summed E-state index contributed by atoms with van der Waals surface area (Å²) in [5.41, 5.74) is 7.77. The first-order valence-electron chi connectivity index (χ1n) is 14.0. The zero-order valence-electron chi connectivity index (χ0n) is 21.4. The molecule has 11 rings (SSSR count). The summed E-state index contributed by atoms with van der Waals surface area (Å²) in [5, 5.41) is 15.9. The molecule has 2 nitrogen and oxygen atoms in total. The standard InChI is InChI=1S/C38H20N2/c1-2-9-22-17-28-23(16-21(22)8-1)18-31-30-19-29-26-13-7-12-25-24-10-3-5-14-32(24)39(37(25)26)34(29)20-35(30)40-33-15-6-4-11-27(33)36(28)38(31)40/h1-20H. The second-order valence-corrected chi connectivity index (χ2v) is 11.4. The Balaban J connectivity index is 1.45. The third-order valence-electron chi connectivity index (χ3n) is 9.49. The molecule has 11 aromatic rings. The number of hydrogen-bond donors (Lipinski definition) is 0. The van der Waals surface area contributed by atoms with Gasteiger partial charge in [0.05, 0.1) is 33.1 Å². The van der Waals surface area contributed by atoms with Crippen molar-refractivity contribution in [3.8, 4) is 0 Å². The maximum Gasteiger partial charge on any atom is 0.0627 e. The van der Waals surface area contributed by atoms with E-state index in [1.807, 2.05) is 0 Å². The molecule has 2 heteroatoms. The lowest BCUT2D eigenvalue weighted by Gasteiger charge is -2.06. The topological polar surface area (TPSA) is 8.82 Å². The zero-order chi connectivity index (χ0) is 25.7. The van der Waals surface area contributed by atoms with Crippen molar-refractivity contribution in [2.75, 3.05) is 0 Å². The summed E-state index contributed by atoms with van der Waals surface area (Å²) >= 11 is 0. The van der Waals surface area contributed by atoms with Gasteiger partial charge in [0.2, 0.25) is 0 Å². The molecule has 0 aliphatic carbocycles. The molecule has 7 aromatic carbocycles. The van der Waals surface area contributed by atoms with E-state index in [9.17, 15) is 0 Å². The molecule has 0 aliphatic rings. The second-order valence-electron chi connectivity index (χ2n) is 11.4. The SMILES string of the molecule is c1ccc2cc3c(cc2c1)cc1c2cc4c5cccc6c7ccccc7n(c4cc2n2c4ccccc4c3c12)c65. The predicted octanol–water partition coefficient (Wildman–Crippen LogP) is 10.3. The van der Waals surface area contributed by atoms with E-state index in [2.05, 4.69) is 130 Å².